The molecule has 1 aliphatic carbocycles. The van der Waals surface area contributed by atoms with Gasteiger partial charge in [-0.15, -0.1) is 0 Å². The Labute approximate surface area is 161 Å². The molecule has 0 amide bonds. The number of aromatic nitrogens is 3. The van der Waals surface area contributed by atoms with Gasteiger partial charge in [0.05, 0.1) is 22.2 Å². The predicted octanol–water partition coefficient (Wildman–Crippen LogP) is 5.46. The number of imidazole rings is 1. The first-order chi connectivity index (χ1) is 13.2. The van der Waals surface area contributed by atoms with Crippen LogP contribution >= 0.6 is 11.6 Å². The Morgan fingerprint density at radius 2 is 1.89 bits per heavy atom. The summed E-state index contributed by atoms with van der Waals surface area (Å²) in [6.45, 7) is 0. The van der Waals surface area contributed by atoms with E-state index in [4.69, 9.17) is 16.6 Å². The minimum atomic E-state index is -0.130. The molecule has 2 aromatic carbocycles. The highest BCUT2D eigenvalue weighted by molar-refractivity contribution is 6.35. The predicted molar refractivity (Wildman–Crippen MR) is 110 cm³/mol. The number of halogens is 1. The third kappa shape index (κ3) is 3.17. The second-order valence-electron chi connectivity index (χ2n) is 7.39. The number of fused-ring (bicyclic) bond motifs is 2. The number of hydrogen-bond donors (Lipinski definition) is 4. The summed E-state index contributed by atoms with van der Waals surface area (Å²) in [5, 5.41) is 14.8. The zero-order valence-corrected chi connectivity index (χ0v) is 15.6. The van der Waals surface area contributed by atoms with Gasteiger partial charge in [-0.3, -0.25) is 0 Å². The van der Waals surface area contributed by atoms with Gasteiger partial charge in [-0.05, 0) is 67.5 Å². The molecule has 4 aromatic rings. The molecule has 0 atom stereocenters. The van der Waals surface area contributed by atoms with Crippen LogP contribution in [-0.2, 0) is 0 Å². The number of aromatic amines is 2. The molecule has 0 bridgehead atoms. The Morgan fingerprint density at radius 3 is 2.74 bits per heavy atom. The smallest absolute Gasteiger partial charge is 0.205 e. The molecule has 1 saturated carbocycles. The van der Waals surface area contributed by atoms with Gasteiger partial charge in [-0.25, -0.2) is 4.98 Å². The van der Waals surface area contributed by atoms with Crippen LogP contribution in [0.1, 0.15) is 37.2 Å². The maximum Gasteiger partial charge on any atom is 0.205 e. The fraction of sp³-hybridized carbons (Fsp3) is 0.286. The second kappa shape index (κ2) is 6.59. The number of anilines is 2. The first-order valence-electron chi connectivity index (χ1n) is 9.37. The Balaban J connectivity index is 1.42. The van der Waals surface area contributed by atoms with Crippen LogP contribution < -0.4 is 5.32 Å². The van der Waals surface area contributed by atoms with E-state index in [1.54, 1.807) is 0 Å². The summed E-state index contributed by atoms with van der Waals surface area (Å²) in [5.41, 5.74) is 5.14. The maximum absolute atomic E-state index is 9.72. The van der Waals surface area contributed by atoms with Crippen LogP contribution in [0.3, 0.4) is 0 Å². The lowest BCUT2D eigenvalue weighted by Crippen LogP contribution is -2.16. The molecular weight excluding hydrogens is 360 g/mol. The van der Waals surface area contributed by atoms with Gasteiger partial charge in [-0.1, -0.05) is 17.7 Å². The van der Waals surface area contributed by atoms with Crippen LogP contribution in [0.5, 0.6) is 0 Å². The van der Waals surface area contributed by atoms with E-state index in [2.05, 4.69) is 33.5 Å². The summed E-state index contributed by atoms with van der Waals surface area (Å²) in [6.07, 6.45) is 5.60. The van der Waals surface area contributed by atoms with Crippen molar-refractivity contribution < 1.29 is 5.11 Å². The number of aliphatic hydroxyl groups excluding tert-OH is 1. The summed E-state index contributed by atoms with van der Waals surface area (Å²) in [6, 6.07) is 12.3. The summed E-state index contributed by atoms with van der Waals surface area (Å²) in [5.74, 6) is 1.21. The lowest BCUT2D eigenvalue weighted by atomic mass is 9.83. The highest BCUT2D eigenvalue weighted by Gasteiger charge is 2.21. The standard InChI is InChI=1S/C21H21ClN4O/c22-17-10-14(11-19-16(17)7-8-23-19)24-21-25-18-6-3-13(9-20(18)26-21)12-1-4-15(27)5-2-12/h3,6-12,15,23,27H,1-2,4-5H2,(H2,24,25,26). The third-order valence-corrected chi connectivity index (χ3v) is 5.87. The SMILES string of the molecule is OC1CCC(c2ccc3[nH]c(Nc4cc(Cl)c5cc[nH]c5c4)nc3c2)CC1. The molecule has 0 aliphatic heterocycles. The lowest BCUT2D eigenvalue weighted by molar-refractivity contribution is 0.122. The lowest BCUT2D eigenvalue weighted by Gasteiger charge is -2.25. The molecule has 0 radical (unpaired) electrons. The topological polar surface area (TPSA) is 76.7 Å². The van der Waals surface area contributed by atoms with E-state index in [0.29, 0.717) is 16.9 Å². The van der Waals surface area contributed by atoms with E-state index in [-0.39, 0.29) is 6.10 Å². The number of benzene rings is 2. The number of rotatable bonds is 3. The van der Waals surface area contributed by atoms with Gasteiger partial charge in [0.15, 0.2) is 0 Å². The molecule has 5 nitrogen and oxygen atoms in total. The van der Waals surface area contributed by atoms with E-state index in [1.165, 1.54) is 5.56 Å². The quantitative estimate of drug-likeness (QED) is 0.381. The first-order valence-corrected chi connectivity index (χ1v) is 9.75. The Morgan fingerprint density at radius 1 is 1.04 bits per heavy atom. The molecule has 2 heterocycles. The molecule has 1 aliphatic rings. The molecule has 6 heteroatoms. The van der Waals surface area contributed by atoms with E-state index in [0.717, 1.165) is 53.3 Å². The minimum absolute atomic E-state index is 0.130. The normalized spacial score (nSPS) is 20.4. The van der Waals surface area contributed by atoms with Crippen molar-refractivity contribution in [2.24, 2.45) is 0 Å². The highest BCUT2D eigenvalue weighted by atomic mass is 35.5. The average molecular weight is 381 g/mol. The number of nitrogens with zero attached hydrogens (tertiary/aromatic N) is 1. The fourth-order valence-corrected chi connectivity index (χ4v) is 4.36. The van der Waals surface area contributed by atoms with Crippen molar-refractivity contribution in [3.8, 4) is 0 Å². The van der Waals surface area contributed by atoms with Crippen LogP contribution in [0.15, 0.2) is 42.6 Å². The summed E-state index contributed by atoms with van der Waals surface area (Å²) >= 11 is 6.36. The molecule has 27 heavy (non-hydrogen) atoms. The molecule has 4 N–H and O–H groups in total. The van der Waals surface area contributed by atoms with Crippen LogP contribution in [0, 0.1) is 0 Å². The van der Waals surface area contributed by atoms with E-state index >= 15 is 0 Å². The number of H-pyrrole nitrogens is 2. The van der Waals surface area contributed by atoms with Crippen molar-refractivity contribution in [1.82, 2.24) is 15.0 Å². The van der Waals surface area contributed by atoms with E-state index in [1.807, 2.05) is 24.4 Å². The number of aliphatic hydroxyl groups is 1. The van der Waals surface area contributed by atoms with Crippen molar-refractivity contribution in [2.75, 3.05) is 5.32 Å². The molecule has 5 rings (SSSR count). The fourth-order valence-electron chi connectivity index (χ4n) is 4.08. The van der Waals surface area contributed by atoms with Crippen molar-refractivity contribution in [3.05, 3.63) is 53.2 Å². The minimum Gasteiger partial charge on any atom is -0.393 e. The maximum atomic E-state index is 9.72. The van der Waals surface area contributed by atoms with Gasteiger partial charge < -0.3 is 20.4 Å². The van der Waals surface area contributed by atoms with Gasteiger partial charge in [-0.2, -0.15) is 0 Å². The monoisotopic (exact) mass is 380 g/mol. The van der Waals surface area contributed by atoms with Gasteiger partial charge in [0.1, 0.15) is 0 Å². The van der Waals surface area contributed by atoms with Crippen LogP contribution in [0.4, 0.5) is 11.6 Å². The molecule has 0 spiro atoms. The second-order valence-corrected chi connectivity index (χ2v) is 7.80. The number of hydrogen-bond acceptors (Lipinski definition) is 3. The Bertz CT molecular complexity index is 1110. The summed E-state index contributed by atoms with van der Waals surface area (Å²) in [7, 11) is 0. The largest absolute Gasteiger partial charge is 0.393 e. The van der Waals surface area contributed by atoms with E-state index in [9.17, 15) is 5.11 Å². The summed E-state index contributed by atoms with van der Waals surface area (Å²) in [4.78, 5) is 11.2. The first kappa shape index (κ1) is 16.7. The van der Waals surface area contributed by atoms with E-state index < -0.39 is 0 Å². The van der Waals surface area contributed by atoms with Gasteiger partial charge in [0, 0.05) is 22.8 Å². The highest BCUT2D eigenvalue weighted by Crippen LogP contribution is 2.34. The van der Waals surface area contributed by atoms with Gasteiger partial charge in [0.2, 0.25) is 5.95 Å². The molecule has 138 valence electrons. The van der Waals surface area contributed by atoms with Crippen LogP contribution in [-0.4, -0.2) is 26.2 Å². The van der Waals surface area contributed by atoms with Crippen molar-refractivity contribution >= 4 is 45.2 Å². The summed E-state index contributed by atoms with van der Waals surface area (Å²) < 4.78 is 0. The van der Waals surface area contributed by atoms with Crippen LogP contribution in [0.25, 0.3) is 21.9 Å². The van der Waals surface area contributed by atoms with Crippen molar-refractivity contribution in [3.63, 3.8) is 0 Å². The van der Waals surface area contributed by atoms with Crippen LogP contribution in [0.2, 0.25) is 5.02 Å². The number of nitrogens with one attached hydrogen (secondary N) is 3. The molecule has 0 saturated heterocycles. The van der Waals surface area contributed by atoms with Crippen molar-refractivity contribution in [2.45, 2.75) is 37.7 Å². The molecule has 1 fully saturated rings. The average Bonchev–Trinajstić information content (AvgIpc) is 3.28. The zero-order valence-electron chi connectivity index (χ0n) is 14.8. The van der Waals surface area contributed by atoms with Gasteiger partial charge >= 0.3 is 0 Å². The van der Waals surface area contributed by atoms with Crippen molar-refractivity contribution in [1.29, 1.82) is 0 Å². The van der Waals surface area contributed by atoms with Gasteiger partial charge in [0.25, 0.3) is 0 Å². The molecular formula is C21H21ClN4O. The molecule has 2 aromatic heterocycles. The third-order valence-electron chi connectivity index (χ3n) is 5.56. The zero-order chi connectivity index (χ0) is 18.4. The molecule has 0 unspecified atom stereocenters. The Hall–Kier alpha value is -2.50. The Kier molecular flexibility index (Phi) is 4.06.